The molecule has 1 aliphatic heterocycles. The van der Waals surface area contributed by atoms with Gasteiger partial charge in [-0.1, -0.05) is 0 Å². The van der Waals surface area contributed by atoms with Gasteiger partial charge in [-0.15, -0.1) is 0 Å². The molecule has 1 amide bonds. The highest BCUT2D eigenvalue weighted by Crippen LogP contribution is 2.12. The van der Waals surface area contributed by atoms with Crippen molar-refractivity contribution in [1.29, 1.82) is 0 Å². The summed E-state index contributed by atoms with van der Waals surface area (Å²) in [5, 5.41) is 9.03. The fraction of sp³-hybridized carbons (Fsp3) is 0.857. The molecular formula is C14H27N3O3. The van der Waals surface area contributed by atoms with Gasteiger partial charge >= 0.3 is 5.97 Å². The summed E-state index contributed by atoms with van der Waals surface area (Å²) in [5.41, 5.74) is -0.907. The zero-order valence-electron chi connectivity index (χ0n) is 13.3. The van der Waals surface area contributed by atoms with Gasteiger partial charge in [-0.25, -0.2) is 0 Å². The maximum Gasteiger partial charge on any atom is 0.325 e. The zero-order chi connectivity index (χ0) is 15.6. The molecule has 1 saturated heterocycles. The van der Waals surface area contributed by atoms with E-state index in [0.717, 1.165) is 0 Å². The predicted molar refractivity (Wildman–Crippen MR) is 77.3 cm³/mol. The summed E-state index contributed by atoms with van der Waals surface area (Å²) in [5.74, 6) is -0.598. The topological polar surface area (TPSA) is 79.5 Å². The largest absolute Gasteiger partial charge is 0.459 e. The lowest BCUT2D eigenvalue weighted by Gasteiger charge is -2.34. The molecule has 0 saturated carbocycles. The van der Waals surface area contributed by atoms with Crippen LogP contribution in [0.25, 0.3) is 0 Å². The molecule has 0 spiro atoms. The lowest BCUT2D eigenvalue weighted by molar-refractivity contribution is -0.160. The van der Waals surface area contributed by atoms with Crippen molar-refractivity contribution in [2.24, 2.45) is 0 Å². The summed E-state index contributed by atoms with van der Waals surface area (Å²) in [4.78, 5) is 24.5. The van der Waals surface area contributed by atoms with E-state index in [1.165, 1.54) is 0 Å². The van der Waals surface area contributed by atoms with Crippen molar-refractivity contribution in [2.75, 3.05) is 13.1 Å². The lowest BCUT2D eigenvalue weighted by atomic mass is 10.0. The molecule has 0 aromatic carbocycles. The van der Waals surface area contributed by atoms with Crippen LogP contribution in [-0.2, 0) is 14.3 Å². The van der Waals surface area contributed by atoms with E-state index in [9.17, 15) is 9.59 Å². The Bertz CT molecular complexity index is 333. The molecule has 6 heteroatoms. The van der Waals surface area contributed by atoms with Gasteiger partial charge in [0, 0.05) is 18.6 Å². The minimum atomic E-state index is -0.662. The van der Waals surface area contributed by atoms with Gasteiger partial charge in [0.05, 0.1) is 0 Å². The van der Waals surface area contributed by atoms with Crippen molar-refractivity contribution in [3.63, 3.8) is 0 Å². The van der Waals surface area contributed by atoms with Gasteiger partial charge in [0.25, 0.3) is 0 Å². The maximum absolute atomic E-state index is 12.3. The Kier molecular flexibility index (Phi) is 5.15. The number of hydrogen-bond acceptors (Lipinski definition) is 5. The molecule has 2 atom stereocenters. The van der Waals surface area contributed by atoms with E-state index in [2.05, 4.69) is 16.0 Å². The smallest absolute Gasteiger partial charge is 0.325 e. The van der Waals surface area contributed by atoms with E-state index >= 15 is 0 Å². The summed E-state index contributed by atoms with van der Waals surface area (Å²) in [7, 11) is 0. The normalized spacial score (nSPS) is 24.1. The molecule has 1 fully saturated rings. The average molecular weight is 285 g/mol. The van der Waals surface area contributed by atoms with Gasteiger partial charge in [-0.3, -0.25) is 9.59 Å². The fourth-order valence-electron chi connectivity index (χ4n) is 1.97. The number of rotatable bonds is 2. The van der Waals surface area contributed by atoms with E-state index in [4.69, 9.17) is 4.74 Å². The van der Waals surface area contributed by atoms with Crippen LogP contribution in [-0.4, -0.2) is 48.2 Å². The Morgan fingerprint density at radius 1 is 1.00 bits per heavy atom. The number of esters is 1. The maximum atomic E-state index is 12.3. The van der Waals surface area contributed by atoms with Crippen LogP contribution in [0.2, 0.25) is 0 Å². The van der Waals surface area contributed by atoms with E-state index in [1.807, 2.05) is 41.5 Å². The van der Waals surface area contributed by atoms with Gasteiger partial charge < -0.3 is 20.7 Å². The van der Waals surface area contributed by atoms with Crippen molar-refractivity contribution >= 4 is 11.9 Å². The van der Waals surface area contributed by atoms with Gasteiger partial charge in [0.15, 0.2) is 0 Å². The molecule has 1 unspecified atom stereocenters. The quantitative estimate of drug-likeness (QED) is 0.631. The zero-order valence-corrected chi connectivity index (χ0v) is 13.3. The van der Waals surface area contributed by atoms with Crippen LogP contribution in [0.1, 0.15) is 41.5 Å². The number of carbonyl (C=O) groups excluding carboxylic acids is 2. The molecule has 0 aliphatic carbocycles. The summed E-state index contributed by atoms with van der Waals surface area (Å²) >= 11 is 0. The number of piperazine rings is 1. The fourth-order valence-corrected chi connectivity index (χ4v) is 1.97. The molecule has 0 bridgehead atoms. The van der Waals surface area contributed by atoms with Crippen molar-refractivity contribution < 1.29 is 14.3 Å². The molecule has 1 aliphatic rings. The van der Waals surface area contributed by atoms with Crippen molar-refractivity contribution in [2.45, 2.75) is 64.8 Å². The van der Waals surface area contributed by atoms with Crippen LogP contribution in [0.15, 0.2) is 0 Å². The molecule has 6 nitrogen and oxygen atoms in total. The Labute approximate surface area is 121 Å². The van der Waals surface area contributed by atoms with Crippen molar-refractivity contribution in [3.8, 4) is 0 Å². The Morgan fingerprint density at radius 2 is 1.50 bits per heavy atom. The number of ether oxygens (including phenoxy) is 1. The average Bonchev–Trinajstić information content (AvgIpc) is 2.24. The van der Waals surface area contributed by atoms with Gasteiger partial charge in [-0.2, -0.15) is 0 Å². The van der Waals surface area contributed by atoms with Crippen molar-refractivity contribution in [3.05, 3.63) is 0 Å². The molecule has 1 heterocycles. The van der Waals surface area contributed by atoms with Crippen LogP contribution < -0.4 is 16.0 Å². The van der Waals surface area contributed by atoms with E-state index in [0.29, 0.717) is 13.1 Å². The minimum absolute atomic E-state index is 0.194. The van der Waals surface area contributed by atoms with Gasteiger partial charge in [0.1, 0.15) is 17.7 Å². The first-order chi connectivity index (χ1) is 8.99. The van der Waals surface area contributed by atoms with E-state index in [-0.39, 0.29) is 11.4 Å². The van der Waals surface area contributed by atoms with Gasteiger partial charge in [-0.05, 0) is 41.5 Å². The third-order valence-electron chi connectivity index (χ3n) is 2.63. The standard InChI is InChI=1S/C14H27N3O3/c1-13(2,3)17-11(18)9-10(16-8-7-15-9)12(19)20-14(4,5)6/h9-10,15-16H,7-8H2,1-6H3,(H,17,18)/t9-,10?/m0/s1. The molecule has 0 aromatic heterocycles. The minimum Gasteiger partial charge on any atom is -0.459 e. The second-order valence-corrected chi connectivity index (χ2v) is 7.14. The van der Waals surface area contributed by atoms with Crippen LogP contribution in [0.5, 0.6) is 0 Å². The Hall–Kier alpha value is -1.14. The first-order valence-corrected chi connectivity index (χ1v) is 7.01. The molecule has 1 rings (SSSR count). The third-order valence-corrected chi connectivity index (χ3v) is 2.63. The molecule has 0 radical (unpaired) electrons. The highest BCUT2D eigenvalue weighted by molar-refractivity contribution is 5.91. The third kappa shape index (κ3) is 5.46. The molecule has 20 heavy (non-hydrogen) atoms. The molecular weight excluding hydrogens is 258 g/mol. The van der Waals surface area contributed by atoms with Crippen LogP contribution in [0.3, 0.4) is 0 Å². The molecule has 0 aromatic rings. The van der Waals surface area contributed by atoms with E-state index < -0.39 is 23.7 Å². The number of hydrogen-bond donors (Lipinski definition) is 3. The van der Waals surface area contributed by atoms with Crippen LogP contribution in [0.4, 0.5) is 0 Å². The lowest BCUT2D eigenvalue weighted by Crippen LogP contribution is -2.66. The first kappa shape index (κ1) is 16.9. The monoisotopic (exact) mass is 285 g/mol. The number of nitrogens with one attached hydrogen (secondary N) is 3. The highest BCUT2D eigenvalue weighted by atomic mass is 16.6. The Morgan fingerprint density at radius 3 is 1.95 bits per heavy atom. The summed E-state index contributed by atoms with van der Waals surface area (Å²) in [6.45, 7) is 12.4. The van der Waals surface area contributed by atoms with Crippen molar-refractivity contribution in [1.82, 2.24) is 16.0 Å². The molecule has 3 N–H and O–H groups in total. The van der Waals surface area contributed by atoms with Crippen LogP contribution in [0, 0.1) is 0 Å². The summed E-state index contributed by atoms with van der Waals surface area (Å²) < 4.78 is 5.37. The highest BCUT2D eigenvalue weighted by Gasteiger charge is 2.38. The second-order valence-electron chi connectivity index (χ2n) is 7.14. The van der Waals surface area contributed by atoms with Crippen LogP contribution >= 0.6 is 0 Å². The summed E-state index contributed by atoms with van der Waals surface area (Å²) in [6, 6.07) is -1.27. The number of carbonyl (C=O) groups is 2. The number of amides is 1. The SMILES string of the molecule is CC(C)(C)NC(=O)[C@H]1NCCNC1C(=O)OC(C)(C)C. The summed E-state index contributed by atoms with van der Waals surface area (Å²) in [6.07, 6.45) is 0. The van der Waals surface area contributed by atoms with E-state index in [1.54, 1.807) is 0 Å². The predicted octanol–water partition coefficient (Wildman–Crippen LogP) is 0.173. The second kappa shape index (κ2) is 6.10. The first-order valence-electron chi connectivity index (χ1n) is 7.01. The molecule has 116 valence electrons. The Balaban J connectivity index is 2.76. The van der Waals surface area contributed by atoms with Gasteiger partial charge in [0.2, 0.25) is 5.91 Å².